The van der Waals surface area contributed by atoms with Gasteiger partial charge < -0.3 is 10.0 Å². The molecule has 0 unspecified atom stereocenters. The van der Waals surface area contributed by atoms with Crippen LogP contribution in [0, 0.1) is 0 Å². The highest BCUT2D eigenvalue weighted by Crippen LogP contribution is 2.38. The summed E-state index contributed by atoms with van der Waals surface area (Å²) in [5.41, 5.74) is -0.534. The quantitative estimate of drug-likeness (QED) is 0.720. The van der Waals surface area contributed by atoms with Crippen LogP contribution in [0.5, 0.6) is 0 Å². The van der Waals surface area contributed by atoms with E-state index in [1.165, 1.54) is 29.2 Å². The molecule has 0 spiro atoms. The van der Waals surface area contributed by atoms with Crippen molar-refractivity contribution in [1.82, 2.24) is 4.90 Å². The largest absolute Gasteiger partial charge is 0.478 e. The second-order valence-electron chi connectivity index (χ2n) is 7.81. The van der Waals surface area contributed by atoms with Crippen molar-refractivity contribution in [3.8, 4) is 0 Å². The molecule has 1 aliphatic rings. The maximum Gasteiger partial charge on any atom is 0.416 e. The van der Waals surface area contributed by atoms with Gasteiger partial charge >= 0.3 is 12.1 Å². The van der Waals surface area contributed by atoms with Crippen LogP contribution in [-0.4, -0.2) is 49.6 Å². The van der Waals surface area contributed by atoms with E-state index in [0.29, 0.717) is 12.8 Å². The first-order valence-electron chi connectivity index (χ1n) is 9.88. The van der Waals surface area contributed by atoms with Crippen molar-refractivity contribution in [2.45, 2.75) is 36.3 Å². The van der Waals surface area contributed by atoms with E-state index in [1.54, 1.807) is 6.07 Å². The molecule has 6 nitrogen and oxygen atoms in total. The third kappa shape index (κ3) is 5.29. The SMILES string of the molecule is CS(=O)(=O)c1ccc(CC(=O)N2CCC(c3ccccc3C(F)(F)F)CC2)c(C(=O)O)c1. The number of hydrogen-bond acceptors (Lipinski definition) is 4. The van der Waals surface area contributed by atoms with E-state index in [-0.39, 0.29) is 52.9 Å². The standard InChI is InChI=1S/C22H22F3NO5S/c1-32(30,31)16-7-6-15(18(13-16)21(28)29)12-20(27)26-10-8-14(9-11-26)17-4-2-3-5-19(17)22(23,24)25/h2-7,13-14H,8-12H2,1H3,(H,28,29). The Kier molecular flexibility index (Phi) is 6.64. The van der Waals surface area contributed by atoms with Crippen LogP contribution in [0.1, 0.15) is 45.8 Å². The van der Waals surface area contributed by atoms with Gasteiger partial charge in [-0.3, -0.25) is 4.79 Å². The van der Waals surface area contributed by atoms with Crippen molar-refractivity contribution in [1.29, 1.82) is 0 Å². The van der Waals surface area contributed by atoms with Gasteiger partial charge in [0.05, 0.1) is 22.4 Å². The first-order chi connectivity index (χ1) is 14.9. The number of amides is 1. The lowest BCUT2D eigenvalue weighted by atomic mass is 9.86. The van der Waals surface area contributed by atoms with Crippen molar-refractivity contribution < 1.29 is 36.3 Å². The van der Waals surface area contributed by atoms with Gasteiger partial charge in [0.15, 0.2) is 9.84 Å². The highest BCUT2D eigenvalue weighted by molar-refractivity contribution is 7.90. The molecule has 1 saturated heterocycles. The normalized spacial score (nSPS) is 15.6. The summed E-state index contributed by atoms with van der Waals surface area (Å²) in [6.07, 6.45) is -3.01. The molecule has 172 valence electrons. The monoisotopic (exact) mass is 469 g/mol. The van der Waals surface area contributed by atoms with E-state index in [2.05, 4.69) is 0 Å². The van der Waals surface area contributed by atoms with E-state index in [9.17, 15) is 36.3 Å². The molecule has 1 N–H and O–H groups in total. The second-order valence-corrected chi connectivity index (χ2v) is 9.83. The zero-order valence-corrected chi connectivity index (χ0v) is 18.0. The van der Waals surface area contributed by atoms with Gasteiger partial charge in [-0.15, -0.1) is 0 Å². The minimum absolute atomic E-state index is 0.157. The van der Waals surface area contributed by atoms with Gasteiger partial charge in [-0.2, -0.15) is 13.2 Å². The number of nitrogens with zero attached hydrogens (tertiary/aromatic N) is 1. The second kappa shape index (κ2) is 8.93. The minimum Gasteiger partial charge on any atom is -0.478 e. The van der Waals surface area contributed by atoms with E-state index < -0.39 is 27.5 Å². The predicted molar refractivity (Wildman–Crippen MR) is 110 cm³/mol. The molecule has 1 amide bonds. The third-order valence-electron chi connectivity index (χ3n) is 5.64. The number of benzene rings is 2. The Morgan fingerprint density at radius 3 is 2.28 bits per heavy atom. The summed E-state index contributed by atoms with van der Waals surface area (Å²) in [5.74, 6) is -2.04. The summed E-state index contributed by atoms with van der Waals surface area (Å²) in [6.45, 7) is 0.499. The van der Waals surface area contributed by atoms with Crippen LogP contribution in [0.2, 0.25) is 0 Å². The summed E-state index contributed by atoms with van der Waals surface area (Å²) < 4.78 is 63.3. The Morgan fingerprint density at radius 2 is 1.72 bits per heavy atom. The molecule has 10 heteroatoms. The number of carbonyl (C=O) groups excluding carboxylic acids is 1. The van der Waals surface area contributed by atoms with E-state index >= 15 is 0 Å². The maximum atomic E-state index is 13.3. The van der Waals surface area contributed by atoms with E-state index in [4.69, 9.17) is 0 Å². The lowest BCUT2D eigenvalue weighted by molar-refractivity contribution is -0.139. The van der Waals surface area contributed by atoms with Crippen molar-refractivity contribution in [2.24, 2.45) is 0 Å². The molecule has 0 aromatic heterocycles. The lowest BCUT2D eigenvalue weighted by Gasteiger charge is -2.33. The molecule has 0 saturated carbocycles. The van der Waals surface area contributed by atoms with Gasteiger partial charge in [0.1, 0.15) is 0 Å². The van der Waals surface area contributed by atoms with Crippen LogP contribution >= 0.6 is 0 Å². The molecule has 1 fully saturated rings. The average Bonchev–Trinajstić information content (AvgIpc) is 2.72. The molecular formula is C22H22F3NO5S. The summed E-state index contributed by atoms with van der Waals surface area (Å²) in [7, 11) is -3.61. The molecule has 2 aromatic rings. The number of carboxylic acids is 1. The molecular weight excluding hydrogens is 447 g/mol. The highest BCUT2D eigenvalue weighted by Gasteiger charge is 2.36. The number of alkyl halides is 3. The number of carbonyl (C=O) groups is 2. The van der Waals surface area contributed by atoms with Crippen LogP contribution in [0.4, 0.5) is 13.2 Å². The molecule has 0 aliphatic carbocycles. The van der Waals surface area contributed by atoms with Crippen molar-refractivity contribution in [3.05, 3.63) is 64.7 Å². The van der Waals surface area contributed by atoms with Gasteiger partial charge in [-0.05, 0) is 48.1 Å². The maximum absolute atomic E-state index is 13.3. The van der Waals surface area contributed by atoms with Gasteiger partial charge in [0, 0.05) is 19.3 Å². The molecule has 3 rings (SSSR count). The molecule has 0 bridgehead atoms. The molecule has 1 aliphatic heterocycles. The average molecular weight is 469 g/mol. The predicted octanol–water partition coefficient (Wildman–Crippen LogP) is 3.76. The van der Waals surface area contributed by atoms with Crippen molar-refractivity contribution in [3.63, 3.8) is 0 Å². The topological polar surface area (TPSA) is 91.8 Å². The fourth-order valence-electron chi connectivity index (χ4n) is 3.97. The zero-order valence-electron chi connectivity index (χ0n) is 17.2. The first-order valence-corrected chi connectivity index (χ1v) is 11.8. The minimum atomic E-state index is -4.45. The molecule has 32 heavy (non-hydrogen) atoms. The number of hydrogen-bond donors (Lipinski definition) is 1. The summed E-state index contributed by atoms with van der Waals surface area (Å²) >= 11 is 0. The lowest BCUT2D eigenvalue weighted by Crippen LogP contribution is -2.39. The Balaban J connectivity index is 1.72. The fraction of sp³-hybridized carbons (Fsp3) is 0.364. The Hall–Kier alpha value is -2.88. The Bertz CT molecular complexity index is 1140. The van der Waals surface area contributed by atoms with Gasteiger partial charge in [-0.25, -0.2) is 13.2 Å². The van der Waals surface area contributed by atoms with Crippen molar-refractivity contribution >= 4 is 21.7 Å². The van der Waals surface area contributed by atoms with Crippen LogP contribution < -0.4 is 0 Å². The molecule has 0 atom stereocenters. The van der Waals surface area contributed by atoms with Crippen molar-refractivity contribution in [2.75, 3.05) is 19.3 Å². The number of likely N-dealkylation sites (tertiary alicyclic amines) is 1. The molecule has 2 aromatic carbocycles. The number of rotatable bonds is 5. The third-order valence-corrected chi connectivity index (χ3v) is 6.75. The number of halogens is 3. The van der Waals surface area contributed by atoms with Crippen LogP contribution in [0.25, 0.3) is 0 Å². The molecule has 1 heterocycles. The number of aromatic carboxylic acids is 1. The molecule has 0 radical (unpaired) electrons. The van der Waals surface area contributed by atoms with Crippen LogP contribution in [0.15, 0.2) is 47.4 Å². The Morgan fingerprint density at radius 1 is 1.09 bits per heavy atom. The van der Waals surface area contributed by atoms with E-state index in [0.717, 1.165) is 18.4 Å². The van der Waals surface area contributed by atoms with Gasteiger partial charge in [0.25, 0.3) is 0 Å². The number of piperidine rings is 1. The Labute approximate surface area is 183 Å². The first kappa shape index (κ1) is 23.8. The summed E-state index contributed by atoms with van der Waals surface area (Å²) in [6, 6.07) is 9.03. The summed E-state index contributed by atoms with van der Waals surface area (Å²) in [5, 5.41) is 9.42. The van der Waals surface area contributed by atoms with Crippen LogP contribution in [-0.2, 0) is 27.2 Å². The van der Waals surface area contributed by atoms with Gasteiger partial charge in [0.2, 0.25) is 5.91 Å². The smallest absolute Gasteiger partial charge is 0.416 e. The highest BCUT2D eigenvalue weighted by atomic mass is 32.2. The fourth-order valence-corrected chi connectivity index (χ4v) is 4.61. The van der Waals surface area contributed by atoms with Crippen LogP contribution in [0.3, 0.4) is 0 Å². The zero-order chi connectivity index (χ0) is 23.7. The number of sulfone groups is 1. The number of carboxylic acid groups (broad SMARTS) is 1. The van der Waals surface area contributed by atoms with Gasteiger partial charge in [-0.1, -0.05) is 24.3 Å². The summed E-state index contributed by atoms with van der Waals surface area (Å²) in [4.78, 5) is 25.6. The van der Waals surface area contributed by atoms with E-state index in [1.807, 2.05) is 0 Å².